The van der Waals surface area contributed by atoms with Gasteiger partial charge in [0.05, 0.1) is 16.2 Å². The second-order valence-electron chi connectivity index (χ2n) is 6.79. The molecule has 0 spiro atoms. The van der Waals surface area contributed by atoms with Crippen LogP contribution in [0.3, 0.4) is 0 Å². The van der Waals surface area contributed by atoms with Crippen molar-refractivity contribution >= 4 is 15.6 Å². The van der Waals surface area contributed by atoms with Gasteiger partial charge in [-0.3, -0.25) is 4.79 Å². The normalized spacial score (nSPS) is 28.4. The Morgan fingerprint density at radius 3 is 2.33 bits per heavy atom. The van der Waals surface area contributed by atoms with E-state index >= 15 is 0 Å². The van der Waals surface area contributed by atoms with E-state index in [0.29, 0.717) is 31.2 Å². The van der Waals surface area contributed by atoms with Crippen LogP contribution in [0.5, 0.6) is 0 Å². The molecule has 4 rings (SSSR count). The van der Waals surface area contributed by atoms with E-state index in [9.17, 15) is 13.2 Å². The summed E-state index contributed by atoms with van der Waals surface area (Å²) in [5, 5.41) is 3.54. The fraction of sp³-hybridized carbons (Fsp3) is 0.444. The third-order valence-electron chi connectivity index (χ3n) is 5.37. The maximum atomic E-state index is 12.8. The van der Waals surface area contributed by atoms with Crippen molar-refractivity contribution in [2.24, 2.45) is 5.92 Å². The third kappa shape index (κ3) is 2.59. The first-order chi connectivity index (χ1) is 11.6. The zero-order chi connectivity index (χ0) is 16.7. The zero-order valence-electron chi connectivity index (χ0n) is 13.3. The Morgan fingerprint density at radius 1 is 1.08 bits per heavy atom. The molecule has 2 bridgehead atoms. The number of carbonyl (C=O) groups excluding carboxylic acids is 1. The number of rotatable bonds is 3. The molecule has 3 heterocycles. The van der Waals surface area contributed by atoms with E-state index in [0.717, 1.165) is 12.1 Å². The Balaban J connectivity index is 1.54. The summed E-state index contributed by atoms with van der Waals surface area (Å²) in [6.07, 6.45) is 6.91. The summed E-state index contributed by atoms with van der Waals surface area (Å²) < 4.78 is 26.5. The number of ketones is 1. The van der Waals surface area contributed by atoms with Crippen LogP contribution in [-0.2, 0) is 9.84 Å². The molecule has 2 aliphatic rings. The molecule has 5 nitrogen and oxygen atoms in total. The molecule has 24 heavy (non-hydrogen) atoms. The summed E-state index contributed by atoms with van der Waals surface area (Å²) in [6.45, 7) is 0. The van der Waals surface area contributed by atoms with Gasteiger partial charge in [-0.15, -0.1) is 0 Å². The van der Waals surface area contributed by atoms with Crippen LogP contribution in [0.2, 0.25) is 0 Å². The molecule has 2 saturated heterocycles. The molecule has 126 valence electrons. The highest BCUT2D eigenvalue weighted by Crippen LogP contribution is 2.40. The van der Waals surface area contributed by atoms with Crippen molar-refractivity contribution in [3.8, 4) is 5.69 Å². The first kappa shape index (κ1) is 15.6. The van der Waals surface area contributed by atoms with Crippen LogP contribution < -0.4 is 0 Å². The van der Waals surface area contributed by atoms with Gasteiger partial charge >= 0.3 is 0 Å². The summed E-state index contributed by atoms with van der Waals surface area (Å²) >= 11 is 0. The van der Waals surface area contributed by atoms with Crippen LogP contribution in [-0.4, -0.2) is 34.5 Å². The van der Waals surface area contributed by atoms with Gasteiger partial charge in [-0.25, -0.2) is 13.1 Å². The van der Waals surface area contributed by atoms with Gasteiger partial charge in [0, 0.05) is 23.9 Å². The molecule has 0 amide bonds. The zero-order valence-corrected chi connectivity index (χ0v) is 14.2. The summed E-state index contributed by atoms with van der Waals surface area (Å²) in [6, 6.07) is 9.23. The predicted octanol–water partition coefficient (Wildman–Crippen LogP) is 2.80. The van der Waals surface area contributed by atoms with Gasteiger partial charge in [0.1, 0.15) is 0 Å². The van der Waals surface area contributed by atoms with E-state index in [1.54, 1.807) is 10.9 Å². The number of benzene rings is 1. The van der Waals surface area contributed by atoms with Crippen LogP contribution >= 0.6 is 0 Å². The van der Waals surface area contributed by atoms with Gasteiger partial charge in [0.25, 0.3) is 0 Å². The Kier molecular flexibility index (Phi) is 3.79. The highest BCUT2D eigenvalue weighted by Gasteiger charge is 2.46. The van der Waals surface area contributed by atoms with E-state index in [2.05, 4.69) is 5.10 Å². The number of sulfone groups is 1. The lowest BCUT2D eigenvalue weighted by Crippen LogP contribution is -2.45. The number of carbonyl (C=O) groups is 1. The van der Waals surface area contributed by atoms with Crippen molar-refractivity contribution in [3.63, 3.8) is 0 Å². The molecule has 2 atom stereocenters. The minimum atomic E-state index is -3.01. The maximum absolute atomic E-state index is 12.8. The second kappa shape index (κ2) is 5.84. The van der Waals surface area contributed by atoms with Crippen LogP contribution in [0.1, 0.15) is 42.5 Å². The molecular weight excluding hydrogens is 324 g/mol. The van der Waals surface area contributed by atoms with E-state index in [1.807, 2.05) is 36.5 Å². The van der Waals surface area contributed by atoms with E-state index in [4.69, 9.17) is 0 Å². The quantitative estimate of drug-likeness (QED) is 0.803. The van der Waals surface area contributed by atoms with Crippen molar-refractivity contribution in [3.05, 3.63) is 48.3 Å². The molecule has 1 aromatic heterocycles. The van der Waals surface area contributed by atoms with Crippen LogP contribution in [0.25, 0.3) is 5.69 Å². The van der Waals surface area contributed by atoms with E-state index in [-0.39, 0.29) is 22.2 Å². The molecule has 0 aliphatic carbocycles. The maximum Gasteiger partial charge on any atom is 0.166 e. The topological polar surface area (TPSA) is 69.0 Å². The number of fused-ring (bicyclic) bond motifs is 2. The minimum Gasteiger partial charge on any atom is -0.294 e. The largest absolute Gasteiger partial charge is 0.294 e. The second-order valence-corrected chi connectivity index (χ2v) is 9.31. The fourth-order valence-corrected chi connectivity index (χ4v) is 6.59. The van der Waals surface area contributed by atoms with Gasteiger partial charge < -0.3 is 0 Å². The average Bonchev–Trinajstić information content (AvgIpc) is 3.08. The Labute approximate surface area is 141 Å². The minimum absolute atomic E-state index is 0.0776. The third-order valence-corrected chi connectivity index (χ3v) is 8.08. The van der Waals surface area contributed by atoms with Gasteiger partial charge in [0.15, 0.2) is 15.6 Å². The Hall–Kier alpha value is -1.95. The summed E-state index contributed by atoms with van der Waals surface area (Å²) in [4.78, 5) is 12.8. The monoisotopic (exact) mass is 344 g/mol. The lowest BCUT2D eigenvalue weighted by atomic mass is 9.84. The molecule has 0 saturated carbocycles. The first-order valence-electron chi connectivity index (χ1n) is 8.43. The standard InChI is InChI=1S/C18H20N2O3S/c21-18(13-5-7-15(8-6-13)20-10-2-9-19-20)14-11-16-3-1-4-17(12-14)24(16,22)23/h2,5-10,14,16-17H,1,3-4,11-12H2. The van der Waals surface area contributed by atoms with Crippen molar-refractivity contribution in [2.45, 2.75) is 42.6 Å². The molecule has 2 aromatic rings. The molecule has 1 aromatic carbocycles. The number of Topliss-reactive ketones (excluding diaryl/α,β-unsaturated/α-hetero) is 1. The highest BCUT2D eigenvalue weighted by atomic mass is 32.2. The molecule has 2 unspecified atom stereocenters. The number of aromatic nitrogens is 2. The number of nitrogens with zero attached hydrogens (tertiary/aromatic N) is 2. The molecule has 0 N–H and O–H groups in total. The van der Waals surface area contributed by atoms with E-state index < -0.39 is 9.84 Å². The number of hydrogen-bond donors (Lipinski definition) is 0. The van der Waals surface area contributed by atoms with Gasteiger partial charge in [-0.05, 0) is 56.0 Å². The lowest BCUT2D eigenvalue weighted by molar-refractivity contribution is 0.0894. The number of hydrogen-bond acceptors (Lipinski definition) is 4. The van der Waals surface area contributed by atoms with Crippen molar-refractivity contribution in [1.82, 2.24) is 9.78 Å². The molecule has 0 radical (unpaired) electrons. The Morgan fingerprint density at radius 2 is 1.75 bits per heavy atom. The SMILES string of the molecule is O=C(c1ccc(-n2cccn2)cc1)C1CC2CCCC(C1)S2(=O)=O. The first-order valence-corrected chi connectivity index (χ1v) is 10.0. The summed E-state index contributed by atoms with van der Waals surface area (Å²) in [5.74, 6) is -0.0896. The smallest absolute Gasteiger partial charge is 0.166 e. The molecular formula is C18H20N2O3S. The molecule has 2 fully saturated rings. The summed E-state index contributed by atoms with van der Waals surface area (Å²) in [7, 11) is -3.01. The van der Waals surface area contributed by atoms with Crippen LogP contribution in [0.15, 0.2) is 42.7 Å². The molecule has 6 heteroatoms. The van der Waals surface area contributed by atoms with Crippen LogP contribution in [0.4, 0.5) is 0 Å². The van der Waals surface area contributed by atoms with Gasteiger partial charge in [-0.1, -0.05) is 6.42 Å². The average molecular weight is 344 g/mol. The van der Waals surface area contributed by atoms with Crippen molar-refractivity contribution in [1.29, 1.82) is 0 Å². The fourth-order valence-electron chi connectivity index (χ4n) is 4.06. The van der Waals surface area contributed by atoms with Gasteiger partial charge in [-0.2, -0.15) is 5.10 Å². The van der Waals surface area contributed by atoms with Gasteiger partial charge in [0.2, 0.25) is 0 Å². The van der Waals surface area contributed by atoms with Crippen LogP contribution in [0, 0.1) is 5.92 Å². The predicted molar refractivity (Wildman–Crippen MR) is 91.0 cm³/mol. The lowest BCUT2D eigenvalue weighted by Gasteiger charge is -2.38. The Bertz CT molecular complexity index is 821. The summed E-state index contributed by atoms with van der Waals surface area (Å²) in [5.41, 5.74) is 1.56. The van der Waals surface area contributed by atoms with Crippen molar-refractivity contribution < 1.29 is 13.2 Å². The van der Waals surface area contributed by atoms with Crippen molar-refractivity contribution in [2.75, 3.05) is 0 Å². The van der Waals surface area contributed by atoms with E-state index in [1.165, 1.54) is 0 Å². The highest BCUT2D eigenvalue weighted by molar-refractivity contribution is 7.92. The molecule has 2 aliphatic heterocycles.